The van der Waals surface area contributed by atoms with Crippen molar-refractivity contribution in [3.8, 4) is 0 Å². The van der Waals surface area contributed by atoms with Gasteiger partial charge in [-0.2, -0.15) is 0 Å². The van der Waals surface area contributed by atoms with Crippen molar-refractivity contribution < 1.29 is 9.59 Å². The minimum absolute atomic E-state index is 0.505. The number of carbonyl (C=O) groups excluding carboxylic acids is 2. The third-order valence-corrected chi connectivity index (χ3v) is 1.02. The summed E-state index contributed by atoms with van der Waals surface area (Å²) in [5.74, 6) is 0.963. The van der Waals surface area contributed by atoms with Gasteiger partial charge in [0.05, 0.1) is 5.92 Å². The van der Waals surface area contributed by atoms with E-state index in [1.165, 1.54) is 12.9 Å². The SMILES string of the molecule is CC(C=C=O)C(=O)Cl. The monoisotopic (exact) mass is 132 g/mol. The molecule has 0 amide bonds. The molecule has 0 bridgehead atoms. The van der Waals surface area contributed by atoms with Crippen molar-refractivity contribution in [1.82, 2.24) is 0 Å². The van der Waals surface area contributed by atoms with Gasteiger partial charge in [-0.3, -0.25) is 4.79 Å². The molecule has 0 radical (unpaired) electrons. The lowest BCUT2D eigenvalue weighted by molar-refractivity contribution is -0.113. The van der Waals surface area contributed by atoms with Crippen LogP contribution in [0.15, 0.2) is 6.08 Å². The lowest BCUT2D eigenvalue weighted by Crippen LogP contribution is -1.98. The largest absolute Gasteiger partial charge is 0.281 e. The predicted molar refractivity (Wildman–Crippen MR) is 30.3 cm³/mol. The van der Waals surface area contributed by atoms with Crippen molar-refractivity contribution in [2.75, 3.05) is 0 Å². The van der Waals surface area contributed by atoms with Gasteiger partial charge in [-0.05, 0) is 18.5 Å². The van der Waals surface area contributed by atoms with Crippen molar-refractivity contribution in [3.63, 3.8) is 0 Å². The highest BCUT2D eigenvalue weighted by atomic mass is 35.5. The van der Waals surface area contributed by atoms with Crippen LogP contribution < -0.4 is 0 Å². The Labute approximate surface area is 52.1 Å². The van der Waals surface area contributed by atoms with Crippen LogP contribution in [-0.4, -0.2) is 11.2 Å². The van der Waals surface area contributed by atoms with Gasteiger partial charge in [0, 0.05) is 6.08 Å². The molecule has 0 aromatic heterocycles. The van der Waals surface area contributed by atoms with E-state index in [-0.39, 0.29) is 0 Å². The Bertz CT molecular complexity index is 133. The minimum atomic E-state index is -0.534. The van der Waals surface area contributed by atoms with E-state index in [2.05, 4.69) is 0 Å². The zero-order valence-corrected chi connectivity index (χ0v) is 5.11. The molecule has 0 N–H and O–H groups in total. The van der Waals surface area contributed by atoms with Gasteiger partial charge in [0.25, 0.3) is 0 Å². The second-order valence-electron chi connectivity index (χ2n) is 1.38. The van der Waals surface area contributed by atoms with Crippen LogP contribution in [0.25, 0.3) is 0 Å². The Morgan fingerprint density at radius 2 is 2.38 bits per heavy atom. The molecule has 2 nitrogen and oxygen atoms in total. The van der Waals surface area contributed by atoms with Gasteiger partial charge in [-0.25, -0.2) is 4.79 Å². The van der Waals surface area contributed by atoms with Crippen molar-refractivity contribution in [1.29, 1.82) is 0 Å². The van der Waals surface area contributed by atoms with Crippen LogP contribution in [0.2, 0.25) is 0 Å². The van der Waals surface area contributed by atoms with Gasteiger partial charge >= 0.3 is 0 Å². The highest BCUT2D eigenvalue weighted by Gasteiger charge is 2.03. The molecule has 0 spiro atoms. The van der Waals surface area contributed by atoms with Gasteiger partial charge < -0.3 is 0 Å². The summed E-state index contributed by atoms with van der Waals surface area (Å²) < 4.78 is 0. The average Bonchev–Trinajstić information content (AvgIpc) is 1.67. The predicted octanol–water partition coefficient (Wildman–Crippen LogP) is 0.776. The molecular weight excluding hydrogens is 128 g/mol. The van der Waals surface area contributed by atoms with Gasteiger partial charge in [0.1, 0.15) is 5.94 Å². The first kappa shape index (κ1) is 7.41. The fourth-order valence-corrected chi connectivity index (χ4v) is 0.231. The van der Waals surface area contributed by atoms with E-state index in [1.807, 2.05) is 0 Å². The molecule has 0 saturated carbocycles. The van der Waals surface area contributed by atoms with Crippen molar-refractivity contribution in [3.05, 3.63) is 6.08 Å². The van der Waals surface area contributed by atoms with Gasteiger partial charge in [0.2, 0.25) is 5.24 Å². The van der Waals surface area contributed by atoms with Crippen LogP contribution in [0.5, 0.6) is 0 Å². The summed E-state index contributed by atoms with van der Waals surface area (Å²) in [6.07, 6.45) is 1.08. The normalized spacial score (nSPS) is 11.8. The molecule has 8 heavy (non-hydrogen) atoms. The van der Waals surface area contributed by atoms with Gasteiger partial charge in [-0.1, -0.05) is 0 Å². The van der Waals surface area contributed by atoms with E-state index in [1.54, 1.807) is 0 Å². The second-order valence-corrected chi connectivity index (χ2v) is 1.75. The number of hydrogen-bond donors (Lipinski definition) is 0. The Morgan fingerprint density at radius 1 is 1.88 bits per heavy atom. The molecule has 0 heterocycles. The number of allylic oxidation sites excluding steroid dienone is 1. The number of rotatable bonds is 2. The topological polar surface area (TPSA) is 34.1 Å². The first-order chi connectivity index (χ1) is 3.68. The summed E-state index contributed by atoms with van der Waals surface area (Å²) in [6, 6.07) is 0. The van der Waals surface area contributed by atoms with Crippen molar-refractivity contribution >= 4 is 22.8 Å². The molecule has 0 aliphatic heterocycles. The first-order valence-corrected chi connectivity index (χ1v) is 2.46. The van der Waals surface area contributed by atoms with Crippen LogP contribution in [-0.2, 0) is 9.59 Å². The van der Waals surface area contributed by atoms with Crippen LogP contribution in [0.1, 0.15) is 6.92 Å². The van der Waals surface area contributed by atoms with Crippen LogP contribution in [0.4, 0.5) is 0 Å². The molecule has 0 rings (SSSR count). The van der Waals surface area contributed by atoms with E-state index in [0.29, 0.717) is 0 Å². The maximum Gasteiger partial charge on any atom is 0.228 e. The first-order valence-electron chi connectivity index (χ1n) is 2.09. The maximum absolute atomic E-state index is 10.1. The van der Waals surface area contributed by atoms with Crippen LogP contribution in [0.3, 0.4) is 0 Å². The van der Waals surface area contributed by atoms with E-state index in [9.17, 15) is 9.59 Å². The molecule has 0 saturated heterocycles. The molecule has 0 aromatic carbocycles. The average molecular weight is 133 g/mol. The maximum atomic E-state index is 10.1. The summed E-state index contributed by atoms with van der Waals surface area (Å²) >= 11 is 4.96. The fraction of sp³-hybridized carbons (Fsp3) is 0.400. The highest BCUT2D eigenvalue weighted by molar-refractivity contribution is 6.64. The lowest BCUT2D eigenvalue weighted by Gasteiger charge is -1.89. The zero-order valence-electron chi connectivity index (χ0n) is 4.35. The molecular formula is C5H5ClO2. The fourth-order valence-electron chi connectivity index (χ4n) is 0.168. The van der Waals surface area contributed by atoms with E-state index in [4.69, 9.17) is 11.6 Å². The Kier molecular flexibility index (Phi) is 3.16. The Morgan fingerprint density at radius 3 is 2.50 bits per heavy atom. The summed E-state index contributed by atoms with van der Waals surface area (Å²) in [5, 5.41) is -0.534. The quantitative estimate of drug-likeness (QED) is 0.411. The van der Waals surface area contributed by atoms with Crippen LogP contribution >= 0.6 is 11.6 Å². The molecule has 0 aromatic rings. The van der Waals surface area contributed by atoms with Crippen molar-refractivity contribution in [2.24, 2.45) is 5.92 Å². The Balaban J connectivity index is 3.82. The summed E-state index contributed by atoms with van der Waals surface area (Å²) in [6.45, 7) is 1.53. The van der Waals surface area contributed by atoms with Gasteiger partial charge in [-0.15, -0.1) is 0 Å². The minimum Gasteiger partial charge on any atom is -0.281 e. The lowest BCUT2D eigenvalue weighted by atomic mass is 10.2. The third kappa shape index (κ3) is 2.56. The number of carbonyl (C=O) groups is 1. The highest BCUT2D eigenvalue weighted by Crippen LogP contribution is 1.98. The smallest absolute Gasteiger partial charge is 0.228 e. The summed E-state index contributed by atoms with van der Waals surface area (Å²) in [4.78, 5) is 19.6. The van der Waals surface area contributed by atoms with E-state index in [0.717, 1.165) is 6.08 Å². The molecule has 1 atom stereocenters. The van der Waals surface area contributed by atoms with E-state index < -0.39 is 11.2 Å². The molecule has 44 valence electrons. The molecule has 1 unspecified atom stereocenters. The van der Waals surface area contributed by atoms with Gasteiger partial charge in [0.15, 0.2) is 0 Å². The standard InChI is InChI=1S/C5H5ClO2/c1-4(2-3-7)5(6)8/h2,4H,1H3. The molecule has 3 heteroatoms. The molecule has 0 fully saturated rings. The van der Waals surface area contributed by atoms with Crippen LogP contribution in [0, 0.1) is 5.92 Å². The van der Waals surface area contributed by atoms with E-state index >= 15 is 0 Å². The number of halogens is 1. The third-order valence-electron chi connectivity index (χ3n) is 0.676. The number of hydrogen-bond acceptors (Lipinski definition) is 2. The Hall–Kier alpha value is -0.590. The molecule has 0 aliphatic carbocycles. The second kappa shape index (κ2) is 3.42. The zero-order chi connectivity index (χ0) is 6.57. The van der Waals surface area contributed by atoms with Crippen molar-refractivity contribution in [2.45, 2.75) is 6.92 Å². The summed E-state index contributed by atoms with van der Waals surface area (Å²) in [5.41, 5.74) is 0. The summed E-state index contributed by atoms with van der Waals surface area (Å²) in [7, 11) is 0. The molecule has 0 aliphatic rings.